The minimum atomic E-state index is -4.49. The summed E-state index contributed by atoms with van der Waals surface area (Å²) in [5.74, 6) is 0. The Morgan fingerprint density at radius 1 is 0.952 bits per heavy atom. The highest BCUT2D eigenvalue weighted by Gasteiger charge is 2.31. The fourth-order valence-electron chi connectivity index (χ4n) is 0.846. The molecule has 21 heavy (non-hydrogen) atoms. The van der Waals surface area contributed by atoms with Gasteiger partial charge in [0.15, 0.2) is 0 Å². The lowest BCUT2D eigenvalue weighted by Gasteiger charge is -2.23. The Labute approximate surface area is 122 Å². The van der Waals surface area contributed by atoms with Crippen LogP contribution < -0.4 is 0 Å². The fourth-order valence-corrected chi connectivity index (χ4v) is 2.76. The number of aliphatic hydroxyl groups is 4. The molecule has 1 saturated heterocycles. The van der Waals surface area contributed by atoms with Crippen LogP contribution in [0.15, 0.2) is 0 Å². The van der Waals surface area contributed by atoms with Crippen LogP contribution in [-0.2, 0) is 32.8 Å². The molecule has 0 aliphatic carbocycles. The van der Waals surface area contributed by atoms with Gasteiger partial charge in [0.2, 0.25) is 0 Å². The molecular weight excluding hydrogens is 336 g/mol. The summed E-state index contributed by atoms with van der Waals surface area (Å²) in [4.78, 5) is 0. The van der Waals surface area contributed by atoms with Crippen LogP contribution in [0, 0.1) is 5.41 Å². The monoisotopic (exact) mass is 354 g/mol. The zero-order valence-electron chi connectivity index (χ0n) is 11.1. The average Bonchev–Trinajstić information content (AvgIpc) is 2.48. The van der Waals surface area contributed by atoms with Gasteiger partial charge in [-0.25, -0.2) is 8.37 Å². The molecule has 1 heterocycles. The molecule has 0 amide bonds. The van der Waals surface area contributed by atoms with Crippen molar-refractivity contribution in [2.24, 2.45) is 5.41 Å². The average molecular weight is 354 g/mol. The predicted octanol–water partition coefficient (Wildman–Crippen LogP) is -3.13. The molecule has 13 heteroatoms. The van der Waals surface area contributed by atoms with Crippen molar-refractivity contribution in [2.75, 3.05) is 33.0 Å². The Kier molecular flexibility index (Phi) is 8.15. The maximum atomic E-state index is 10.6. The van der Waals surface area contributed by atoms with Crippen molar-refractivity contribution < 1.29 is 49.3 Å². The fraction of sp³-hybridized carbons (Fsp3) is 1.00. The first kappa shape index (κ1) is 20.6. The molecular formula is C8H18O11S2. The molecule has 0 aromatic rings. The molecule has 0 aromatic carbocycles. The zero-order valence-corrected chi connectivity index (χ0v) is 12.7. The van der Waals surface area contributed by atoms with Crippen LogP contribution in [-0.4, -0.2) is 76.4 Å². The summed E-state index contributed by atoms with van der Waals surface area (Å²) < 4.78 is 54.1. The largest absolute Gasteiger partial charge is 0.416 e. The number of hydrogen-bond donors (Lipinski definition) is 4. The number of rotatable bonds is 4. The Balaban J connectivity index is 0.000000400. The first-order valence-electron chi connectivity index (χ1n) is 5.52. The Bertz CT molecular complexity index is 475. The van der Waals surface area contributed by atoms with E-state index in [1.54, 1.807) is 0 Å². The standard InChI is InChI=1S/C5H12O4.C3H6O7S2/c6-1-5(2-7,3-8)4-9;1-3-2-8-11(4,5)10-12(6,7)9-3/h6-9H,1-4H2;3H,2H2,1H3. The lowest BCUT2D eigenvalue weighted by Crippen LogP contribution is -2.37. The molecule has 1 aliphatic heterocycles. The summed E-state index contributed by atoms with van der Waals surface area (Å²) in [5, 5.41) is 34.0. The molecule has 0 spiro atoms. The third-order valence-corrected chi connectivity index (χ3v) is 4.56. The quantitative estimate of drug-likeness (QED) is 0.401. The molecule has 1 unspecified atom stereocenters. The summed E-state index contributed by atoms with van der Waals surface area (Å²) in [6, 6.07) is 0. The smallest absolute Gasteiger partial charge is 0.396 e. The molecule has 1 aliphatic rings. The maximum absolute atomic E-state index is 10.6. The van der Waals surface area contributed by atoms with E-state index in [4.69, 9.17) is 20.4 Å². The molecule has 0 saturated carbocycles. The highest BCUT2D eigenvalue weighted by Crippen LogP contribution is 2.13. The van der Waals surface area contributed by atoms with Crippen LogP contribution in [0.25, 0.3) is 0 Å². The van der Waals surface area contributed by atoms with E-state index in [2.05, 4.69) is 12.0 Å². The van der Waals surface area contributed by atoms with E-state index in [1.807, 2.05) is 0 Å². The van der Waals surface area contributed by atoms with Crippen LogP contribution in [0.1, 0.15) is 6.92 Å². The van der Waals surface area contributed by atoms with Crippen molar-refractivity contribution in [3.63, 3.8) is 0 Å². The van der Waals surface area contributed by atoms with E-state index >= 15 is 0 Å². The van der Waals surface area contributed by atoms with Crippen molar-refractivity contribution in [1.82, 2.24) is 0 Å². The molecule has 11 nitrogen and oxygen atoms in total. The molecule has 4 N–H and O–H groups in total. The van der Waals surface area contributed by atoms with Gasteiger partial charge in [-0.1, -0.05) is 0 Å². The highest BCUT2D eigenvalue weighted by molar-refractivity contribution is 7.95. The topological polar surface area (TPSA) is 177 Å². The van der Waals surface area contributed by atoms with E-state index in [0.717, 1.165) is 0 Å². The van der Waals surface area contributed by atoms with E-state index in [1.165, 1.54) is 6.92 Å². The number of hydrogen-bond acceptors (Lipinski definition) is 11. The van der Waals surface area contributed by atoms with Crippen molar-refractivity contribution in [3.05, 3.63) is 0 Å². The van der Waals surface area contributed by atoms with Gasteiger partial charge in [0.25, 0.3) is 0 Å². The van der Waals surface area contributed by atoms with Gasteiger partial charge < -0.3 is 20.4 Å². The summed E-state index contributed by atoms with van der Waals surface area (Å²) in [5.41, 5.74) is -1.11. The first-order valence-corrected chi connectivity index (χ1v) is 8.19. The van der Waals surface area contributed by atoms with Crippen LogP contribution in [0.4, 0.5) is 0 Å². The Hall–Kier alpha value is -0.380. The first-order chi connectivity index (χ1) is 9.55. The zero-order chi connectivity index (χ0) is 16.7. The van der Waals surface area contributed by atoms with Crippen LogP contribution in [0.5, 0.6) is 0 Å². The maximum Gasteiger partial charge on any atom is 0.416 e. The lowest BCUT2D eigenvalue weighted by molar-refractivity contribution is -0.0328. The van der Waals surface area contributed by atoms with Gasteiger partial charge in [-0.3, -0.25) is 0 Å². The number of aliphatic hydroxyl groups excluding tert-OH is 4. The van der Waals surface area contributed by atoms with Gasteiger partial charge in [0.1, 0.15) is 6.10 Å². The minimum Gasteiger partial charge on any atom is -0.396 e. The van der Waals surface area contributed by atoms with Crippen molar-refractivity contribution in [3.8, 4) is 0 Å². The van der Waals surface area contributed by atoms with Crippen molar-refractivity contribution in [1.29, 1.82) is 0 Å². The van der Waals surface area contributed by atoms with E-state index in [0.29, 0.717) is 0 Å². The Morgan fingerprint density at radius 2 is 1.38 bits per heavy atom. The predicted molar refractivity (Wildman–Crippen MR) is 66.2 cm³/mol. The van der Waals surface area contributed by atoms with Gasteiger partial charge in [-0.05, 0) is 6.92 Å². The third kappa shape index (κ3) is 7.44. The summed E-state index contributed by atoms with van der Waals surface area (Å²) in [7, 11) is -8.96. The van der Waals surface area contributed by atoms with Gasteiger partial charge in [-0.2, -0.15) is 16.8 Å². The summed E-state index contributed by atoms with van der Waals surface area (Å²) >= 11 is 0. The molecule has 0 radical (unpaired) electrons. The molecule has 1 atom stereocenters. The van der Waals surface area contributed by atoms with E-state index in [-0.39, 0.29) is 6.61 Å². The van der Waals surface area contributed by atoms with Crippen LogP contribution in [0.2, 0.25) is 0 Å². The SMILES string of the molecule is CC1COS(=O)(=O)OS(=O)(=O)O1.OCC(CO)(CO)CO. The highest BCUT2D eigenvalue weighted by atomic mass is 32.3. The van der Waals surface area contributed by atoms with E-state index in [9.17, 15) is 16.8 Å². The molecule has 0 aromatic heterocycles. The van der Waals surface area contributed by atoms with Gasteiger partial charge in [0, 0.05) is 0 Å². The van der Waals surface area contributed by atoms with Crippen LogP contribution in [0.3, 0.4) is 0 Å². The van der Waals surface area contributed by atoms with Crippen molar-refractivity contribution in [2.45, 2.75) is 13.0 Å². The summed E-state index contributed by atoms with van der Waals surface area (Å²) in [6.07, 6.45) is -0.882. The molecule has 0 bridgehead atoms. The lowest BCUT2D eigenvalue weighted by atomic mass is 9.93. The molecule has 128 valence electrons. The second-order valence-electron chi connectivity index (χ2n) is 4.21. The summed E-state index contributed by atoms with van der Waals surface area (Å²) in [6.45, 7) is -0.677. The van der Waals surface area contributed by atoms with Gasteiger partial charge in [-0.15, -0.1) is 3.63 Å². The van der Waals surface area contributed by atoms with Gasteiger partial charge in [0.05, 0.1) is 38.4 Å². The second kappa shape index (κ2) is 8.30. The Morgan fingerprint density at radius 3 is 1.71 bits per heavy atom. The van der Waals surface area contributed by atoms with E-state index < -0.39 is 58.7 Å². The normalized spacial score (nSPS) is 24.5. The van der Waals surface area contributed by atoms with Gasteiger partial charge >= 0.3 is 20.8 Å². The molecule has 1 fully saturated rings. The molecule has 1 rings (SSSR count). The third-order valence-electron chi connectivity index (χ3n) is 2.24. The van der Waals surface area contributed by atoms with Crippen LogP contribution >= 0.6 is 0 Å². The second-order valence-corrected chi connectivity index (χ2v) is 6.81. The van der Waals surface area contributed by atoms with Crippen molar-refractivity contribution >= 4 is 20.8 Å². The minimum absolute atomic E-state index is 0.387.